The molecule has 0 aromatic carbocycles. The van der Waals surface area contributed by atoms with Crippen LogP contribution in [-0.2, 0) is 32.7 Å². The minimum Gasteiger partial charge on any atom is -0.460 e. The average molecular weight is 641 g/mol. The molecule has 0 radical (unpaired) electrons. The van der Waals surface area contributed by atoms with Crippen LogP contribution in [-0.4, -0.2) is 64.2 Å². The monoisotopic (exact) mass is 640 g/mol. The first-order valence-electron chi connectivity index (χ1n) is 17.1. The molecule has 2 rings (SSSR count). The SMILES string of the molecule is C=C(C[C@H]1C[C@](C)(O[Si](CC)(CC)CC)C[C@@]2(C[C@@H](O[Si](CC)(CC)CC)C[C@H](CC(=O)OC(C)(C)C)O2)O1)[C@@H](C)C=O. The van der Waals surface area contributed by atoms with Crippen LogP contribution in [0.3, 0.4) is 0 Å². The van der Waals surface area contributed by atoms with Crippen molar-refractivity contribution in [1.82, 2.24) is 0 Å². The van der Waals surface area contributed by atoms with E-state index in [0.717, 1.165) is 48.1 Å². The summed E-state index contributed by atoms with van der Waals surface area (Å²) in [5, 5.41) is 0. The molecule has 0 amide bonds. The Hall–Kier alpha value is -0.846. The maximum absolute atomic E-state index is 13.1. The molecule has 7 nitrogen and oxygen atoms in total. The van der Waals surface area contributed by atoms with E-state index < -0.39 is 39.7 Å². The fraction of sp³-hybridized carbons (Fsp3) is 0.882. The molecule has 2 heterocycles. The van der Waals surface area contributed by atoms with Crippen molar-refractivity contribution < 1.29 is 32.7 Å². The van der Waals surface area contributed by atoms with Gasteiger partial charge in [-0.1, -0.05) is 60.6 Å². The van der Waals surface area contributed by atoms with E-state index in [1.165, 1.54) is 0 Å². The molecule has 2 aliphatic heterocycles. The van der Waals surface area contributed by atoms with Gasteiger partial charge in [-0.15, -0.1) is 0 Å². The third-order valence-corrected chi connectivity index (χ3v) is 19.5. The smallest absolute Gasteiger partial charge is 0.308 e. The van der Waals surface area contributed by atoms with Crippen molar-refractivity contribution in [3.8, 4) is 0 Å². The van der Waals surface area contributed by atoms with Gasteiger partial charge in [0.05, 0.1) is 30.3 Å². The van der Waals surface area contributed by atoms with E-state index >= 15 is 0 Å². The predicted molar refractivity (Wildman–Crippen MR) is 179 cm³/mol. The van der Waals surface area contributed by atoms with Gasteiger partial charge in [-0.3, -0.25) is 4.79 Å². The Kier molecular flexibility index (Phi) is 13.9. The summed E-state index contributed by atoms with van der Waals surface area (Å²) >= 11 is 0. The molecule has 0 aromatic heterocycles. The lowest BCUT2D eigenvalue weighted by Gasteiger charge is -2.55. The molecule has 2 saturated heterocycles. The summed E-state index contributed by atoms with van der Waals surface area (Å²) < 4.78 is 34.0. The molecule has 0 N–H and O–H groups in total. The fourth-order valence-electron chi connectivity index (χ4n) is 7.22. The Morgan fingerprint density at radius 3 is 1.95 bits per heavy atom. The first-order valence-corrected chi connectivity index (χ1v) is 22.1. The molecular weight excluding hydrogens is 577 g/mol. The third-order valence-electron chi connectivity index (χ3n) is 10.0. The average Bonchev–Trinajstić information content (AvgIpc) is 2.92. The predicted octanol–water partition coefficient (Wildman–Crippen LogP) is 8.72. The molecule has 2 aliphatic rings. The number of hydrogen-bond acceptors (Lipinski definition) is 7. The summed E-state index contributed by atoms with van der Waals surface area (Å²) in [7, 11) is -3.94. The van der Waals surface area contributed by atoms with Crippen LogP contribution in [0.1, 0.15) is 115 Å². The van der Waals surface area contributed by atoms with Crippen molar-refractivity contribution in [1.29, 1.82) is 0 Å². The summed E-state index contributed by atoms with van der Waals surface area (Å²) in [6.07, 6.45) is 3.46. The van der Waals surface area contributed by atoms with Gasteiger partial charge in [0.1, 0.15) is 11.9 Å². The van der Waals surface area contributed by atoms with Gasteiger partial charge in [0, 0.05) is 25.2 Å². The second kappa shape index (κ2) is 15.6. The van der Waals surface area contributed by atoms with Crippen LogP contribution in [0.4, 0.5) is 0 Å². The largest absolute Gasteiger partial charge is 0.460 e. The Balaban J connectivity index is 2.55. The van der Waals surface area contributed by atoms with Crippen LogP contribution >= 0.6 is 0 Å². The quantitative estimate of drug-likeness (QED) is 0.0722. The van der Waals surface area contributed by atoms with E-state index in [1.807, 2.05) is 27.7 Å². The van der Waals surface area contributed by atoms with E-state index in [4.69, 9.17) is 23.1 Å². The van der Waals surface area contributed by atoms with Crippen LogP contribution < -0.4 is 0 Å². The molecule has 0 aliphatic carbocycles. The van der Waals surface area contributed by atoms with E-state index in [0.29, 0.717) is 32.1 Å². The lowest BCUT2D eigenvalue weighted by atomic mass is 9.80. The Morgan fingerprint density at radius 2 is 1.47 bits per heavy atom. The standard InChI is InChI=1S/C34H64O7Si2/c1-13-42(14-2,15-3)40-30-20-28(21-31(36)39-32(9,10)11)37-34(23-30)25-33(12,41-43(16-4,17-5)18-6)22-29(38-34)19-26(7)27(8)24-35/h24,27-30H,7,13-23,25H2,1-6,8-12H3/t27-,28+,29-,30-,33-,34+/m0/s1. The van der Waals surface area contributed by atoms with Gasteiger partial charge in [0.2, 0.25) is 0 Å². The van der Waals surface area contributed by atoms with Gasteiger partial charge in [-0.2, -0.15) is 0 Å². The second-order valence-electron chi connectivity index (χ2n) is 14.6. The van der Waals surface area contributed by atoms with Crippen LogP contribution in [0.15, 0.2) is 12.2 Å². The first-order chi connectivity index (χ1) is 20.0. The van der Waals surface area contributed by atoms with Gasteiger partial charge in [-0.25, -0.2) is 0 Å². The maximum atomic E-state index is 13.1. The summed E-state index contributed by atoms with van der Waals surface area (Å²) in [4.78, 5) is 24.7. The number of carbonyl (C=O) groups is 2. The second-order valence-corrected chi connectivity index (χ2v) is 24.0. The number of rotatable bonds is 16. The molecule has 9 heteroatoms. The van der Waals surface area contributed by atoms with Crippen molar-refractivity contribution >= 4 is 28.9 Å². The van der Waals surface area contributed by atoms with E-state index in [2.05, 4.69) is 55.0 Å². The highest BCUT2D eigenvalue weighted by atomic mass is 28.4. The summed E-state index contributed by atoms with van der Waals surface area (Å²) in [5.74, 6) is -1.49. The van der Waals surface area contributed by atoms with Crippen molar-refractivity contribution in [2.24, 2.45) is 5.92 Å². The summed E-state index contributed by atoms with van der Waals surface area (Å²) in [6, 6.07) is 6.29. The number of carbonyl (C=O) groups excluding carboxylic acids is 2. The fourth-order valence-corrected chi connectivity index (χ4v) is 13.2. The Labute approximate surface area is 265 Å². The van der Waals surface area contributed by atoms with Gasteiger partial charge in [0.15, 0.2) is 22.4 Å². The van der Waals surface area contributed by atoms with Gasteiger partial charge >= 0.3 is 5.97 Å². The highest BCUT2D eigenvalue weighted by molar-refractivity contribution is 6.74. The van der Waals surface area contributed by atoms with Gasteiger partial charge in [0.25, 0.3) is 0 Å². The Bertz CT molecular complexity index is 910. The number of aldehydes is 1. The van der Waals surface area contributed by atoms with Crippen LogP contribution in [0.5, 0.6) is 0 Å². The maximum Gasteiger partial charge on any atom is 0.308 e. The first kappa shape index (κ1) is 38.3. The number of esters is 1. The molecule has 2 fully saturated rings. The molecule has 250 valence electrons. The minimum absolute atomic E-state index is 0.0849. The van der Waals surface area contributed by atoms with Crippen LogP contribution in [0.2, 0.25) is 36.3 Å². The Morgan fingerprint density at radius 1 is 0.930 bits per heavy atom. The molecule has 0 saturated carbocycles. The summed E-state index contributed by atoms with van der Waals surface area (Å²) in [6.45, 7) is 27.5. The van der Waals surface area contributed by atoms with Crippen molar-refractivity contribution in [3.63, 3.8) is 0 Å². The molecule has 0 aromatic rings. The van der Waals surface area contributed by atoms with Crippen LogP contribution in [0, 0.1) is 5.92 Å². The van der Waals surface area contributed by atoms with E-state index in [1.54, 1.807) is 0 Å². The number of hydrogen-bond donors (Lipinski definition) is 0. The third kappa shape index (κ3) is 10.6. The lowest BCUT2D eigenvalue weighted by molar-refractivity contribution is -0.346. The molecule has 0 unspecified atom stereocenters. The summed E-state index contributed by atoms with van der Waals surface area (Å²) in [5.41, 5.74) is -0.195. The zero-order chi connectivity index (χ0) is 32.7. The van der Waals surface area contributed by atoms with Crippen molar-refractivity contribution in [2.75, 3.05) is 0 Å². The topological polar surface area (TPSA) is 80.3 Å². The highest BCUT2D eigenvalue weighted by Crippen LogP contribution is 2.49. The molecule has 43 heavy (non-hydrogen) atoms. The molecule has 0 bridgehead atoms. The van der Waals surface area contributed by atoms with Gasteiger partial charge in [-0.05, 0) is 76.8 Å². The number of ether oxygens (including phenoxy) is 3. The zero-order valence-electron chi connectivity index (χ0n) is 29.4. The van der Waals surface area contributed by atoms with E-state index in [-0.39, 0.29) is 30.5 Å². The molecular formula is C34H64O7Si2. The highest BCUT2D eigenvalue weighted by Gasteiger charge is 2.55. The van der Waals surface area contributed by atoms with E-state index in [9.17, 15) is 9.59 Å². The molecule has 6 atom stereocenters. The van der Waals surface area contributed by atoms with Crippen LogP contribution in [0.25, 0.3) is 0 Å². The normalized spacial score (nSPS) is 29.3. The van der Waals surface area contributed by atoms with Crippen molar-refractivity contribution in [2.45, 2.75) is 186 Å². The lowest BCUT2D eigenvalue weighted by Crippen LogP contribution is -2.61. The minimum atomic E-state index is -1.99. The van der Waals surface area contributed by atoms with Crippen molar-refractivity contribution in [3.05, 3.63) is 12.2 Å². The molecule has 1 spiro atoms. The zero-order valence-corrected chi connectivity index (χ0v) is 31.4. The van der Waals surface area contributed by atoms with Gasteiger partial charge < -0.3 is 27.9 Å².